The topological polar surface area (TPSA) is 139 Å². The van der Waals surface area contributed by atoms with Crippen LogP contribution in [0.15, 0.2) is 71.6 Å². The number of carbonyl (C=O) groups excluding carboxylic acids is 2. The Balaban J connectivity index is 2.14. The molecule has 11 nitrogen and oxygen atoms in total. The monoisotopic (exact) mass is 658 g/mol. The summed E-state index contributed by atoms with van der Waals surface area (Å²) in [7, 11) is -3.26. The van der Waals surface area contributed by atoms with E-state index < -0.39 is 44.0 Å². The van der Waals surface area contributed by atoms with Gasteiger partial charge < -0.3 is 15.0 Å². The van der Waals surface area contributed by atoms with Crippen LogP contribution in [0.3, 0.4) is 0 Å². The molecule has 13 heteroatoms. The average molecular weight is 659 g/mol. The molecule has 0 saturated heterocycles. The second kappa shape index (κ2) is 15.7. The molecule has 0 aliphatic heterocycles. The molecule has 0 spiro atoms. The quantitative estimate of drug-likeness (QED) is 0.167. The van der Waals surface area contributed by atoms with Crippen LogP contribution in [0.4, 0.5) is 11.4 Å². The van der Waals surface area contributed by atoms with Gasteiger partial charge in [0.05, 0.1) is 22.6 Å². The fourth-order valence-electron chi connectivity index (χ4n) is 4.78. The Labute approximate surface area is 269 Å². The number of benzene rings is 3. The van der Waals surface area contributed by atoms with Crippen LogP contribution in [0, 0.1) is 17.0 Å². The van der Waals surface area contributed by atoms with E-state index in [1.807, 2.05) is 44.2 Å². The number of nitrogens with one attached hydrogen (secondary N) is 1. The van der Waals surface area contributed by atoms with Crippen LogP contribution in [0.5, 0.6) is 5.75 Å². The van der Waals surface area contributed by atoms with E-state index >= 15 is 0 Å². The van der Waals surface area contributed by atoms with Gasteiger partial charge in [0.1, 0.15) is 18.3 Å². The van der Waals surface area contributed by atoms with E-state index in [4.69, 9.17) is 16.3 Å². The summed E-state index contributed by atoms with van der Waals surface area (Å²) >= 11 is 6.28. The fraction of sp³-hybridized carbons (Fsp3) is 0.375. The lowest BCUT2D eigenvalue weighted by Gasteiger charge is -2.34. The zero-order chi connectivity index (χ0) is 33.3. The highest BCUT2D eigenvalue weighted by Crippen LogP contribution is 2.36. The van der Waals surface area contributed by atoms with E-state index in [-0.39, 0.29) is 46.9 Å². The highest BCUT2D eigenvalue weighted by molar-refractivity contribution is 7.92. The number of amides is 2. The lowest BCUT2D eigenvalue weighted by atomic mass is 10.1. The molecule has 3 aromatic carbocycles. The molecule has 1 N–H and O–H groups in total. The Bertz CT molecular complexity index is 1620. The van der Waals surface area contributed by atoms with Gasteiger partial charge in [0.25, 0.3) is 15.7 Å². The zero-order valence-corrected chi connectivity index (χ0v) is 27.6. The molecule has 3 rings (SSSR count). The maximum Gasteiger partial charge on any atom is 0.273 e. The van der Waals surface area contributed by atoms with Gasteiger partial charge in [-0.1, -0.05) is 61.8 Å². The first-order chi connectivity index (χ1) is 21.3. The van der Waals surface area contributed by atoms with Crippen LogP contribution in [-0.2, 0) is 26.0 Å². The number of hydrogen-bond donors (Lipinski definition) is 1. The standard InChI is InChI=1S/C32H39ClN4O7S/c1-6-23(4)34-32(39)27(7-2)35(18-17-24-11-9-8-10-12-24)31(38)21-36(29-19-25(33)14-16-30(29)44-5)45(42,43)26-15-13-22(3)28(20-26)37(40)41/h8-16,19-20,23,27H,6-7,17-18,21H2,1-5H3,(H,34,39)/t23-,27+/m1/s1. The van der Waals surface area contributed by atoms with Gasteiger partial charge in [-0.25, -0.2) is 8.42 Å². The highest BCUT2D eigenvalue weighted by Gasteiger charge is 2.35. The van der Waals surface area contributed by atoms with Gasteiger partial charge in [0.2, 0.25) is 11.8 Å². The molecule has 0 saturated carbocycles. The number of sulfonamides is 1. The van der Waals surface area contributed by atoms with Crippen LogP contribution in [0.2, 0.25) is 5.02 Å². The third kappa shape index (κ3) is 8.73. The summed E-state index contributed by atoms with van der Waals surface area (Å²) in [4.78, 5) is 39.7. The maximum absolute atomic E-state index is 14.3. The highest BCUT2D eigenvalue weighted by atomic mass is 35.5. The van der Waals surface area contributed by atoms with Crippen molar-refractivity contribution in [3.8, 4) is 5.75 Å². The number of rotatable bonds is 15. The number of nitro groups is 1. The third-order valence-electron chi connectivity index (χ3n) is 7.52. The molecule has 0 heterocycles. The fourth-order valence-corrected chi connectivity index (χ4v) is 6.39. The van der Waals surface area contributed by atoms with Crippen molar-refractivity contribution in [3.05, 3.63) is 93.0 Å². The first kappa shape index (κ1) is 35.3. The van der Waals surface area contributed by atoms with E-state index in [1.165, 1.54) is 49.3 Å². The van der Waals surface area contributed by atoms with Gasteiger partial charge in [-0.05, 0) is 62.9 Å². The first-order valence-electron chi connectivity index (χ1n) is 14.6. The lowest BCUT2D eigenvalue weighted by Crippen LogP contribution is -2.54. The van der Waals surface area contributed by atoms with Crippen LogP contribution in [0.25, 0.3) is 0 Å². The minimum atomic E-state index is -4.61. The van der Waals surface area contributed by atoms with E-state index in [2.05, 4.69) is 5.32 Å². The van der Waals surface area contributed by atoms with Gasteiger partial charge in [-0.3, -0.25) is 24.0 Å². The van der Waals surface area contributed by atoms with Gasteiger partial charge in [-0.2, -0.15) is 0 Å². The zero-order valence-electron chi connectivity index (χ0n) is 26.0. The van der Waals surface area contributed by atoms with E-state index in [9.17, 15) is 28.1 Å². The number of carbonyl (C=O) groups is 2. The number of nitrogens with zero attached hydrogens (tertiary/aromatic N) is 3. The van der Waals surface area contributed by atoms with Crippen molar-refractivity contribution < 1.29 is 27.7 Å². The number of nitro benzene ring substituents is 1. The Hall–Kier alpha value is -4.16. The molecule has 0 bridgehead atoms. The van der Waals surface area contributed by atoms with Gasteiger partial charge in [-0.15, -0.1) is 0 Å². The Morgan fingerprint density at radius 3 is 2.33 bits per heavy atom. The molecule has 3 aromatic rings. The second-order valence-electron chi connectivity index (χ2n) is 10.6. The minimum absolute atomic E-state index is 0.0401. The average Bonchev–Trinajstić information content (AvgIpc) is 3.01. The Kier molecular flexibility index (Phi) is 12.3. The summed E-state index contributed by atoms with van der Waals surface area (Å²) in [5.74, 6) is -0.892. The maximum atomic E-state index is 14.3. The number of anilines is 1. The van der Waals surface area contributed by atoms with Crippen molar-refractivity contribution in [2.24, 2.45) is 0 Å². The predicted octanol–water partition coefficient (Wildman–Crippen LogP) is 5.53. The molecule has 45 heavy (non-hydrogen) atoms. The third-order valence-corrected chi connectivity index (χ3v) is 9.52. The molecule has 2 atom stereocenters. The van der Waals surface area contributed by atoms with Gasteiger partial charge in [0.15, 0.2) is 0 Å². The number of aryl methyl sites for hydroxylation is 1. The molecular formula is C32H39ClN4O7S. The number of methoxy groups -OCH3 is 1. The smallest absolute Gasteiger partial charge is 0.273 e. The summed E-state index contributed by atoms with van der Waals surface area (Å²) in [6.07, 6.45) is 1.38. The van der Waals surface area contributed by atoms with Crippen molar-refractivity contribution in [2.75, 3.05) is 24.5 Å². The molecule has 242 valence electrons. The number of ether oxygens (including phenoxy) is 1. The summed E-state index contributed by atoms with van der Waals surface area (Å²) in [6, 6.07) is 16.2. The summed E-state index contributed by atoms with van der Waals surface area (Å²) < 4.78 is 34.8. The van der Waals surface area contributed by atoms with E-state index in [0.29, 0.717) is 12.8 Å². The largest absolute Gasteiger partial charge is 0.495 e. The molecule has 0 aliphatic carbocycles. The number of halogens is 1. The molecule has 0 radical (unpaired) electrons. The van der Waals surface area contributed by atoms with E-state index in [0.717, 1.165) is 15.9 Å². The van der Waals surface area contributed by atoms with Gasteiger partial charge in [0, 0.05) is 29.2 Å². The van der Waals surface area contributed by atoms with Crippen molar-refractivity contribution >= 4 is 44.8 Å². The van der Waals surface area contributed by atoms with Crippen LogP contribution < -0.4 is 14.4 Å². The Morgan fingerprint density at radius 1 is 1.04 bits per heavy atom. The van der Waals surface area contributed by atoms with Crippen LogP contribution >= 0.6 is 11.6 Å². The van der Waals surface area contributed by atoms with Crippen molar-refractivity contribution in [1.29, 1.82) is 0 Å². The first-order valence-corrected chi connectivity index (χ1v) is 16.4. The predicted molar refractivity (Wildman–Crippen MR) is 174 cm³/mol. The van der Waals surface area contributed by atoms with Crippen LogP contribution in [0.1, 0.15) is 44.7 Å². The SMILES string of the molecule is CC[C@@H](C)NC(=O)[C@H](CC)N(CCc1ccccc1)C(=O)CN(c1cc(Cl)ccc1OC)S(=O)(=O)c1ccc(C)c([N+](=O)[O-])c1. The molecule has 0 unspecified atom stereocenters. The second-order valence-corrected chi connectivity index (χ2v) is 12.9. The molecule has 0 fully saturated rings. The summed E-state index contributed by atoms with van der Waals surface area (Å²) in [5, 5.41) is 14.8. The van der Waals surface area contributed by atoms with Crippen molar-refractivity contribution in [1.82, 2.24) is 10.2 Å². The lowest BCUT2D eigenvalue weighted by molar-refractivity contribution is -0.385. The van der Waals surface area contributed by atoms with Crippen LogP contribution in [-0.4, -0.2) is 62.3 Å². The molecule has 2 amide bonds. The number of hydrogen-bond acceptors (Lipinski definition) is 7. The van der Waals surface area contributed by atoms with Gasteiger partial charge >= 0.3 is 0 Å². The van der Waals surface area contributed by atoms with Crippen molar-refractivity contribution in [2.45, 2.75) is 63.9 Å². The molecular weight excluding hydrogens is 620 g/mol. The summed E-state index contributed by atoms with van der Waals surface area (Å²) in [6.45, 7) is 6.47. The molecule has 0 aromatic heterocycles. The molecule has 0 aliphatic rings. The minimum Gasteiger partial charge on any atom is -0.495 e. The summed E-state index contributed by atoms with van der Waals surface area (Å²) in [5.41, 5.74) is 0.770. The van der Waals surface area contributed by atoms with Crippen molar-refractivity contribution in [3.63, 3.8) is 0 Å². The Morgan fingerprint density at radius 2 is 1.73 bits per heavy atom. The van der Waals surface area contributed by atoms with E-state index in [1.54, 1.807) is 6.92 Å². The normalized spacial score (nSPS) is 12.6.